The molecule has 4 rings (SSSR count). The van der Waals surface area contributed by atoms with Gasteiger partial charge in [0.1, 0.15) is 11.6 Å². The first-order valence-corrected chi connectivity index (χ1v) is 11.2. The van der Waals surface area contributed by atoms with Gasteiger partial charge >= 0.3 is 0 Å². The van der Waals surface area contributed by atoms with Crippen LogP contribution in [0.5, 0.6) is 5.75 Å². The quantitative estimate of drug-likeness (QED) is 0.199. The van der Waals surface area contributed by atoms with Gasteiger partial charge in [-0.05, 0) is 54.0 Å². The van der Waals surface area contributed by atoms with Gasteiger partial charge in [0, 0.05) is 17.7 Å². The van der Waals surface area contributed by atoms with Crippen molar-refractivity contribution in [1.29, 1.82) is 0 Å². The van der Waals surface area contributed by atoms with E-state index in [1.807, 2.05) is 42.5 Å². The van der Waals surface area contributed by atoms with Crippen LogP contribution in [0.1, 0.15) is 30.9 Å². The van der Waals surface area contributed by atoms with Crippen LogP contribution in [-0.2, 0) is 0 Å². The standard InChI is InChI=1S/C28H29N5O/c1-3-19-12-14-25(22-13-15-26(34-2)24(18-22)28(29)33-30)32-27(16-19)31-23-11-7-10-21(17-23)20-8-5-4-6-9-20/h4-15,17-18H,3,16,30H2,1-2H3,(H2,29,33)(H,31,32). The molecule has 0 aromatic heterocycles. The number of amidine groups is 2. The number of nitrogens with two attached hydrogens (primary N) is 2. The maximum Gasteiger partial charge on any atom is 0.154 e. The van der Waals surface area contributed by atoms with Gasteiger partial charge in [-0.15, -0.1) is 0 Å². The maximum atomic E-state index is 6.00. The number of benzene rings is 3. The third-order valence-electron chi connectivity index (χ3n) is 5.75. The van der Waals surface area contributed by atoms with Gasteiger partial charge in [0.2, 0.25) is 0 Å². The zero-order valence-corrected chi connectivity index (χ0v) is 19.5. The van der Waals surface area contributed by atoms with E-state index >= 15 is 0 Å². The fourth-order valence-corrected chi connectivity index (χ4v) is 3.88. The minimum absolute atomic E-state index is 0.206. The van der Waals surface area contributed by atoms with E-state index in [0.29, 0.717) is 11.3 Å². The molecule has 0 amide bonds. The van der Waals surface area contributed by atoms with E-state index in [2.05, 4.69) is 59.8 Å². The van der Waals surface area contributed by atoms with Gasteiger partial charge in [-0.2, -0.15) is 5.10 Å². The molecule has 0 aliphatic carbocycles. The summed E-state index contributed by atoms with van der Waals surface area (Å²) in [5, 5.41) is 7.18. The molecule has 0 bridgehead atoms. The lowest BCUT2D eigenvalue weighted by atomic mass is 10.0. The molecule has 0 saturated carbocycles. The molecule has 34 heavy (non-hydrogen) atoms. The average molecular weight is 452 g/mol. The number of hydrogen-bond acceptors (Lipinski definition) is 5. The molecule has 3 aromatic carbocycles. The van der Waals surface area contributed by atoms with Crippen LogP contribution in [0, 0.1) is 0 Å². The van der Waals surface area contributed by atoms with Gasteiger partial charge in [-0.25, -0.2) is 4.99 Å². The summed E-state index contributed by atoms with van der Waals surface area (Å²) in [5.41, 5.74) is 13.0. The van der Waals surface area contributed by atoms with Crippen LogP contribution in [0.4, 0.5) is 5.69 Å². The Morgan fingerprint density at radius 3 is 2.50 bits per heavy atom. The van der Waals surface area contributed by atoms with E-state index in [-0.39, 0.29) is 5.84 Å². The van der Waals surface area contributed by atoms with Crippen LogP contribution < -0.4 is 21.6 Å². The predicted molar refractivity (Wildman–Crippen MR) is 142 cm³/mol. The van der Waals surface area contributed by atoms with E-state index in [4.69, 9.17) is 21.3 Å². The lowest BCUT2D eigenvalue weighted by molar-refractivity contribution is 0.414. The zero-order valence-electron chi connectivity index (χ0n) is 19.5. The summed E-state index contributed by atoms with van der Waals surface area (Å²) in [6, 6.07) is 24.4. The third-order valence-corrected chi connectivity index (χ3v) is 5.75. The second-order valence-corrected chi connectivity index (χ2v) is 7.97. The Bertz CT molecular complexity index is 1290. The highest BCUT2D eigenvalue weighted by Gasteiger charge is 2.14. The molecule has 1 aliphatic heterocycles. The molecule has 0 spiro atoms. The summed E-state index contributed by atoms with van der Waals surface area (Å²) >= 11 is 0. The first-order valence-electron chi connectivity index (χ1n) is 11.2. The highest BCUT2D eigenvalue weighted by molar-refractivity contribution is 6.03. The molecule has 6 heteroatoms. The molecule has 1 heterocycles. The van der Waals surface area contributed by atoms with E-state index in [1.54, 1.807) is 7.11 Å². The van der Waals surface area contributed by atoms with Crippen molar-refractivity contribution in [2.75, 3.05) is 12.4 Å². The largest absolute Gasteiger partial charge is 0.496 e. The van der Waals surface area contributed by atoms with Crippen LogP contribution in [0.2, 0.25) is 0 Å². The molecular weight excluding hydrogens is 422 g/mol. The van der Waals surface area contributed by atoms with E-state index in [9.17, 15) is 0 Å². The first-order chi connectivity index (χ1) is 16.6. The van der Waals surface area contributed by atoms with Crippen molar-refractivity contribution in [2.45, 2.75) is 19.8 Å². The Balaban J connectivity index is 1.69. The second-order valence-electron chi connectivity index (χ2n) is 7.97. The normalized spacial score (nSPS) is 13.9. The number of methoxy groups -OCH3 is 1. The number of rotatable bonds is 6. The topological polar surface area (TPSA) is 98.0 Å². The summed E-state index contributed by atoms with van der Waals surface area (Å²) in [5.74, 6) is 7.11. The Labute approximate surface area is 200 Å². The Morgan fingerprint density at radius 1 is 0.971 bits per heavy atom. The fourth-order valence-electron chi connectivity index (χ4n) is 3.88. The van der Waals surface area contributed by atoms with Crippen LogP contribution in [-0.4, -0.2) is 18.8 Å². The molecule has 0 unspecified atom stereocenters. The van der Waals surface area contributed by atoms with Crippen LogP contribution in [0.25, 0.3) is 16.8 Å². The van der Waals surface area contributed by atoms with Crippen molar-refractivity contribution in [3.8, 4) is 16.9 Å². The number of hydrogen-bond donors (Lipinski definition) is 3. The van der Waals surface area contributed by atoms with Crippen LogP contribution in [0.15, 0.2) is 101 Å². The van der Waals surface area contributed by atoms with Crippen molar-refractivity contribution >= 4 is 23.1 Å². The minimum Gasteiger partial charge on any atom is -0.496 e. The van der Waals surface area contributed by atoms with E-state index < -0.39 is 0 Å². The summed E-state index contributed by atoms with van der Waals surface area (Å²) in [4.78, 5) is 4.99. The van der Waals surface area contributed by atoms with Gasteiger partial charge in [0.25, 0.3) is 0 Å². The SMILES string of the molecule is CCC1=CC=C(c2ccc(OC)c(/C(N)=N/N)c2)N=C(Nc2cccc(-c3ccccc3)c2)C1. The van der Waals surface area contributed by atoms with Crippen LogP contribution >= 0.6 is 0 Å². The smallest absolute Gasteiger partial charge is 0.154 e. The lowest BCUT2D eigenvalue weighted by Crippen LogP contribution is -2.17. The molecule has 0 saturated heterocycles. The van der Waals surface area contributed by atoms with Crippen molar-refractivity contribution in [2.24, 2.45) is 21.7 Å². The molecule has 0 radical (unpaired) electrons. The van der Waals surface area contributed by atoms with Gasteiger partial charge in [-0.1, -0.05) is 61.0 Å². The molecule has 0 atom stereocenters. The molecule has 0 fully saturated rings. The van der Waals surface area contributed by atoms with Crippen molar-refractivity contribution in [3.05, 3.63) is 102 Å². The monoisotopic (exact) mass is 451 g/mol. The van der Waals surface area contributed by atoms with Crippen molar-refractivity contribution < 1.29 is 4.74 Å². The molecule has 5 N–H and O–H groups in total. The Hall–Kier alpha value is -4.32. The van der Waals surface area contributed by atoms with Crippen molar-refractivity contribution in [3.63, 3.8) is 0 Å². The minimum atomic E-state index is 0.206. The summed E-state index contributed by atoms with van der Waals surface area (Å²) in [7, 11) is 1.59. The third kappa shape index (κ3) is 5.18. The van der Waals surface area contributed by atoms with Gasteiger partial charge in [0.15, 0.2) is 5.84 Å². The van der Waals surface area contributed by atoms with Crippen LogP contribution in [0.3, 0.4) is 0 Å². The van der Waals surface area contributed by atoms with E-state index in [0.717, 1.165) is 41.2 Å². The fraction of sp³-hybridized carbons (Fsp3) is 0.143. The number of nitrogens with zero attached hydrogens (tertiary/aromatic N) is 2. The summed E-state index contributed by atoms with van der Waals surface area (Å²) in [6.07, 6.45) is 5.85. The van der Waals surface area contributed by atoms with Gasteiger partial charge < -0.3 is 21.6 Å². The highest BCUT2D eigenvalue weighted by Crippen LogP contribution is 2.28. The van der Waals surface area contributed by atoms with E-state index in [1.165, 1.54) is 11.1 Å². The van der Waals surface area contributed by atoms with Crippen molar-refractivity contribution in [1.82, 2.24) is 0 Å². The second kappa shape index (κ2) is 10.5. The molecule has 6 nitrogen and oxygen atoms in total. The molecule has 3 aromatic rings. The number of hydrazone groups is 1. The number of aliphatic imine (C=N–C) groups is 1. The summed E-state index contributed by atoms with van der Waals surface area (Å²) in [6.45, 7) is 2.15. The number of anilines is 1. The highest BCUT2D eigenvalue weighted by atomic mass is 16.5. The van der Waals surface area contributed by atoms with Gasteiger partial charge in [-0.3, -0.25) is 0 Å². The average Bonchev–Trinajstić information content (AvgIpc) is 3.10. The zero-order chi connectivity index (χ0) is 23.9. The number of ether oxygens (including phenoxy) is 1. The first kappa shape index (κ1) is 22.9. The molecule has 172 valence electrons. The maximum absolute atomic E-state index is 6.00. The van der Waals surface area contributed by atoms with Gasteiger partial charge in [0.05, 0.1) is 18.4 Å². The number of nitrogens with one attached hydrogen (secondary N) is 1. The molecular formula is C28H29N5O. The lowest BCUT2D eigenvalue weighted by Gasteiger charge is -2.13. The summed E-state index contributed by atoms with van der Waals surface area (Å²) < 4.78 is 5.42. The Morgan fingerprint density at radius 2 is 1.76 bits per heavy atom. The Kier molecular flexibility index (Phi) is 7.08. The molecule has 1 aliphatic rings. The number of allylic oxidation sites excluding steroid dienone is 2. The predicted octanol–water partition coefficient (Wildman–Crippen LogP) is 5.53.